The van der Waals surface area contributed by atoms with Crippen LogP contribution in [0.1, 0.15) is 13.3 Å². The van der Waals surface area contributed by atoms with Crippen molar-refractivity contribution < 1.29 is 35.9 Å². The maximum Gasteiger partial charge on any atom is 0.415 e. The monoisotopic (exact) mass is 325 g/mol. The predicted molar refractivity (Wildman–Crippen MR) is 55.1 cm³/mol. The van der Waals surface area contributed by atoms with Crippen LogP contribution >= 0.6 is 11.6 Å². The van der Waals surface area contributed by atoms with Crippen molar-refractivity contribution in [3.05, 3.63) is 0 Å². The van der Waals surface area contributed by atoms with Gasteiger partial charge in [-0.2, -0.15) is 26.3 Å². The van der Waals surface area contributed by atoms with Gasteiger partial charge >= 0.3 is 18.3 Å². The Morgan fingerprint density at radius 3 is 2.05 bits per heavy atom. The van der Waals surface area contributed by atoms with E-state index in [0.717, 1.165) is 6.92 Å². The number of alkyl halides is 7. The topological polar surface area (TPSA) is 38.3 Å². The number of carbonyl (C=O) groups excluding carboxylic acids is 1. The summed E-state index contributed by atoms with van der Waals surface area (Å²) >= 11 is 5.70. The minimum Gasteiger partial charge on any atom is -0.461 e. The van der Waals surface area contributed by atoms with Crippen LogP contribution in [0, 0.1) is 5.92 Å². The van der Waals surface area contributed by atoms with Crippen LogP contribution in [0.2, 0.25) is 0 Å². The van der Waals surface area contributed by atoms with Crippen molar-refractivity contribution in [3.63, 3.8) is 0 Å². The Morgan fingerprint density at radius 1 is 1.25 bits per heavy atom. The van der Waals surface area contributed by atoms with Gasteiger partial charge in [-0.15, -0.1) is 11.6 Å². The number of hydrogen-bond donors (Lipinski definition) is 1. The molecule has 0 aromatic heterocycles. The molecule has 3 nitrogen and oxygen atoms in total. The molecule has 0 unspecified atom stereocenters. The number of carbonyl (C=O) groups is 1. The smallest absolute Gasteiger partial charge is 0.415 e. The van der Waals surface area contributed by atoms with Crippen molar-refractivity contribution in [2.75, 3.05) is 0 Å². The average Bonchev–Trinajstić information content (AvgIpc) is 2.66. The molecule has 0 aromatic rings. The third kappa shape index (κ3) is 1.97. The number of halogens is 7. The van der Waals surface area contributed by atoms with Gasteiger partial charge in [-0.05, 0) is 6.42 Å². The van der Waals surface area contributed by atoms with Crippen molar-refractivity contribution in [1.29, 1.82) is 0 Å². The summed E-state index contributed by atoms with van der Waals surface area (Å²) in [6.45, 7) is 1.02. The molecule has 2 rings (SSSR count). The fourth-order valence-corrected chi connectivity index (χ4v) is 3.54. The van der Waals surface area contributed by atoms with E-state index in [0.29, 0.717) is 0 Å². The Bertz CT molecular complexity index is 409. The first-order valence-corrected chi connectivity index (χ1v) is 6.08. The third-order valence-electron chi connectivity index (χ3n) is 3.78. The summed E-state index contributed by atoms with van der Waals surface area (Å²) in [7, 11) is 0. The number of piperidine rings is 1. The van der Waals surface area contributed by atoms with Gasteiger partial charge in [0, 0.05) is 12.8 Å². The van der Waals surface area contributed by atoms with Gasteiger partial charge in [0.1, 0.15) is 6.10 Å². The number of nitrogens with one attached hydrogen (secondary N) is 1. The zero-order chi connectivity index (χ0) is 15.5. The van der Waals surface area contributed by atoms with E-state index >= 15 is 0 Å². The van der Waals surface area contributed by atoms with E-state index in [1.165, 1.54) is 5.32 Å². The van der Waals surface area contributed by atoms with Crippen molar-refractivity contribution in [3.8, 4) is 0 Å². The molecule has 20 heavy (non-hydrogen) atoms. The quantitative estimate of drug-likeness (QED) is 0.457. The number of esters is 1. The molecule has 2 aliphatic rings. The van der Waals surface area contributed by atoms with E-state index in [-0.39, 0.29) is 0 Å². The lowest BCUT2D eigenvalue weighted by Crippen LogP contribution is -2.70. The number of rotatable bonds is 1. The molecule has 2 bridgehead atoms. The summed E-state index contributed by atoms with van der Waals surface area (Å²) in [5.74, 6) is -2.71. The van der Waals surface area contributed by atoms with Gasteiger partial charge in [0.2, 0.25) is 5.54 Å². The SMILES string of the molecule is CC(=O)O[C@@H]1C[C@H]2[C@@H](Cl)[C@H]1NC2(C(F)(F)F)C(F)(F)F. The largest absolute Gasteiger partial charge is 0.461 e. The number of hydrogen-bond acceptors (Lipinski definition) is 3. The Balaban J connectivity index is 2.37. The van der Waals surface area contributed by atoms with E-state index in [9.17, 15) is 31.1 Å². The van der Waals surface area contributed by atoms with Crippen LogP contribution in [-0.2, 0) is 9.53 Å². The fraction of sp³-hybridized carbons (Fsp3) is 0.900. The first-order valence-electron chi connectivity index (χ1n) is 5.64. The maximum absolute atomic E-state index is 13.0. The lowest BCUT2D eigenvalue weighted by molar-refractivity contribution is -0.320. The first-order chi connectivity index (χ1) is 8.92. The summed E-state index contributed by atoms with van der Waals surface area (Å²) < 4.78 is 82.6. The summed E-state index contributed by atoms with van der Waals surface area (Å²) in [4.78, 5) is 10.8. The molecule has 1 N–H and O–H groups in total. The molecule has 0 amide bonds. The van der Waals surface area contributed by atoms with Gasteiger partial charge in [-0.1, -0.05) is 0 Å². The Kier molecular flexibility index (Phi) is 3.45. The molecule has 1 aliphatic heterocycles. The highest BCUT2D eigenvalue weighted by Crippen LogP contribution is 2.58. The summed E-state index contributed by atoms with van der Waals surface area (Å²) in [6, 6.07) is -1.38. The standard InChI is InChI=1S/C10H10ClF6NO2/c1-3(19)20-5-2-4-6(11)7(5)18-8(4,9(12,13)14)10(15,16)17/h4-7,18H,2H2,1H3/t4-,5+,6+,7-/m0/s1. The van der Waals surface area contributed by atoms with E-state index in [2.05, 4.69) is 0 Å². The van der Waals surface area contributed by atoms with Gasteiger partial charge in [0.05, 0.1) is 11.4 Å². The predicted octanol–water partition coefficient (Wildman–Crippen LogP) is 2.38. The van der Waals surface area contributed by atoms with Gasteiger partial charge < -0.3 is 4.74 Å². The van der Waals surface area contributed by atoms with Crippen LogP contribution < -0.4 is 5.32 Å². The molecule has 0 aromatic carbocycles. The zero-order valence-electron chi connectivity index (χ0n) is 9.98. The van der Waals surface area contributed by atoms with Crippen LogP contribution in [0.25, 0.3) is 0 Å². The van der Waals surface area contributed by atoms with Crippen molar-refractivity contribution in [2.45, 2.75) is 48.8 Å². The summed E-state index contributed by atoms with van der Waals surface area (Å²) in [6.07, 6.45) is -12.7. The van der Waals surface area contributed by atoms with Gasteiger partial charge in [-0.3, -0.25) is 10.1 Å². The van der Waals surface area contributed by atoms with Gasteiger partial charge in [0.25, 0.3) is 0 Å². The lowest BCUT2D eigenvalue weighted by Gasteiger charge is -2.42. The highest BCUT2D eigenvalue weighted by Gasteiger charge is 2.81. The lowest BCUT2D eigenvalue weighted by atomic mass is 9.82. The van der Waals surface area contributed by atoms with Crippen LogP contribution in [0.4, 0.5) is 26.3 Å². The summed E-state index contributed by atoms with van der Waals surface area (Å²) in [5.41, 5.74) is -4.05. The van der Waals surface area contributed by atoms with E-state index in [1.807, 2.05) is 0 Å². The molecular weight excluding hydrogens is 316 g/mol. The van der Waals surface area contributed by atoms with E-state index in [1.54, 1.807) is 0 Å². The normalized spacial score (nSPS) is 36.2. The summed E-state index contributed by atoms with van der Waals surface area (Å²) in [5, 5.41) is 0.116. The van der Waals surface area contributed by atoms with Crippen molar-refractivity contribution >= 4 is 17.6 Å². The molecule has 2 fully saturated rings. The molecule has 4 atom stereocenters. The van der Waals surface area contributed by atoms with Crippen molar-refractivity contribution in [2.24, 2.45) is 5.92 Å². The second-order valence-electron chi connectivity index (χ2n) is 4.91. The molecule has 1 saturated heterocycles. The van der Waals surface area contributed by atoms with Crippen LogP contribution in [0.5, 0.6) is 0 Å². The average molecular weight is 326 g/mol. The molecule has 116 valence electrons. The van der Waals surface area contributed by atoms with Gasteiger partial charge in [-0.25, -0.2) is 0 Å². The highest BCUT2D eigenvalue weighted by atomic mass is 35.5. The second-order valence-corrected chi connectivity index (χ2v) is 5.41. The first kappa shape index (κ1) is 15.7. The van der Waals surface area contributed by atoms with Gasteiger partial charge in [0.15, 0.2) is 0 Å². The number of ether oxygens (including phenoxy) is 1. The minimum atomic E-state index is -5.54. The Labute approximate surface area is 114 Å². The molecule has 10 heteroatoms. The zero-order valence-corrected chi connectivity index (χ0v) is 10.7. The molecule has 0 radical (unpaired) electrons. The molecular formula is C10H10ClF6NO2. The Hall–Kier alpha value is -0.700. The minimum absolute atomic E-state index is 0.579. The van der Waals surface area contributed by atoms with Crippen LogP contribution in [0.3, 0.4) is 0 Å². The third-order valence-corrected chi connectivity index (χ3v) is 4.35. The van der Waals surface area contributed by atoms with Crippen LogP contribution in [0.15, 0.2) is 0 Å². The van der Waals surface area contributed by atoms with E-state index in [4.69, 9.17) is 16.3 Å². The second kappa shape index (κ2) is 4.40. The molecule has 0 spiro atoms. The van der Waals surface area contributed by atoms with Crippen molar-refractivity contribution in [1.82, 2.24) is 5.32 Å². The van der Waals surface area contributed by atoms with Crippen LogP contribution in [-0.4, -0.2) is 41.4 Å². The Morgan fingerprint density at radius 2 is 1.75 bits per heavy atom. The van der Waals surface area contributed by atoms with E-state index < -0.39 is 53.7 Å². The maximum atomic E-state index is 13.0. The molecule has 1 saturated carbocycles. The fourth-order valence-electron chi connectivity index (χ4n) is 3.02. The number of fused-ring (bicyclic) bond motifs is 2. The molecule has 1 heterocycles. The highest BCUT2D eigenvalue weighted by molar-refractivity contribution is 6.22. The molecule has 1 aliphatic carbocycles.